The van der Waals surface area contributed by atoms with Crippen molar-refractivity contribution in [1.82, 2.24) is 4.90 Å². The number of piperidine rings is 1. The number of benzene rings is 1. The molecule has 2 aliphatic rings. The van der Waals surface area contributed by atoms with Crippen molar-refractivity contribution in [3.05, 3.63) is 29.3 Å². The highest BCUT2D eigenvalue weighted by Crippen LogP contribution is 2.31. The predicted octanol–water partition coefficient (Wildman–Crippen LogP) is 2.64. The van der Waals surface area contributed by atoms with Crippen LogP contribution in [0.5, 0.6) is 0 Å². The second kappa shape index (κ2) is 5.85. The topological polar surface area (TPSA) is 41.3 Å². The fourth-order valence-electron chi connectivity index (χ4n) is 3.45. The smallest absolute Gasteiger partial charge is 0.150 e. The number of hydrogen-bond acceptors (Lipinski definition) is 3. The Labute approximate surface area is 128 Å². The van der Waals surface area contributed by atoms with Crippen LogP contribution in [0.3, 0.4) is 0 Å². The van der Waals surface area contributed by atoms with Crippen LogP contribution in [-0.2, 0) is 0 Å². The van der Waals surface area contributed by atoms with Gasteiger partial charge < -0.3 is 11.1 Å². The SMILES string of the molecule is NC(=S)c1cc(F)c(NC2CCN3CCCCC23)c(F)c1. The molecule has 21 heavy (non-hydrogen) atoms. The zero-order chi connectivity index (χ0) is 15.0. The molecule has 0 saturated carbocycles. The molecule has 3 nitrogen and oxygen atoms in total. The Morgan fingerprint density at radius 1 is 1.19 bits per heavy atom. The Hall–Kier alpha value is -1.27. The van der Waals surface area contributed by atoms with E-state index in [9.17, 15) is 8.78 Å². The molecule has 2 aliphatic heterocycles. The molecule has 2 unspecified atom stereocenters. The van der Waals surface area contributed by atoms with Gasteiger partial charge in [-0.3, -0.25) is 4.90 Å². The molecular weight excluding hydrogens is 292 g/mol. The van der Waals surface area contributed by atoms with E-state index in [0.717, 1.165) is 25.9 Å². The van der Waals surface area contributed by atoms with Crippen molar-refractivity contribution >= 4 is 22.9 Å². The fourth-order valence-corrected chi connectivity index (χ4v) is 3.57. The first-order valence-electron chi connectivity index (χ1n) is 7.35. The van der Waals surface area contributed by atoms with Gasteiger partial charge in [-0.25, -0.2) is 8.78 Å². The summed E-state index contributed by atoms with van der Waals surface area (Å²) in [6, 6.07) is 2.88. The van der Waals surface area contributed by atoms with Gasteiger partial charge in [-0.2, -0.15) is 0 Å². The summed E-state index contributed by atoms with van der Waals surface area (Å²) >= 11 is 4.76. The van der Waals surface area contributed by atoms with Gasteiger partial charge in [0.25, 0.3) is 0 Å². The lowest BCUT2D eigenvalue weighted by molar-refractivity contribution is 0.192. The van der Waals surface area contributed by atoms with Gasteiger partial charge in [-0.05, 0) is 37.9 Å². The second-order valence-electron chi connectivity index (χ2n) is 5.82. The van der Waals surface area contributed by atoms with E-state index in [1.54, 1.807) is 0 Å². The van der Waals surface area contributed by atoms with E-state index < -0.39 is 11.6 Å². The molecule has 6 heteroatoms. The normalized spacial score (nSPS) is 25.6. The minimum absolute atomic E-state index is 0.00123. The summed E-state index contributed by atoms with van der Waals surface area (Å²) < 4.78 is 28.2. The van der Waals surface area contributed by atoms with E-state index in [4.69, 9.17) is 18.0 Å². The first kappa shape index (κ1) is 14.7. The van der Waals surface area contributed by atoms with Crippen LogP contribution in [0.1, 0.15) is 31.2 Å². The number of hydrogen-bond donors (Lipinski definition) is 2. The molecule has 1 aromatic rings. The Morgan fingerprint density at radius 3 is 2.57 bits per heavy atom. The first-order valence-corrected chi connectivity index (χ1v) is 7.76. The summed E-state index contributed by atoms with van der Waals surface area (Å²) in [6.07, 6.45) is 4.41. The van der Waals surface area contributed by atoms with Gasteiger partial charge in [-0.15, -0.1) is 0 Å². The molecule has 0 bridgehead atoms. The van der Waals surface area contributed by atoms with Gasteiger partial charge >= 0.3 is 0 Å². The van der Waals surface area contributed by atoms with Crippen molar-refractivity contribution in [3.8, 4) is 0 Å². The second-order valence-corrected chi connectivity index (χ2v) is 6.26. The lowest BCUT2D eigenvalue weighted by Gasteiger charge is -2.33. The minimum Gasteiger partial charge on any atom is -0.389 e. The third-order valence-corrected chi connectivity index (χ3v) is 4.75. The van der Waals surface area contributed by atoms with Gasteiger partial charge in [0, 0.05) is 24.2 Å². The van der Waals surface area contributed by atoms with E-state index in [-0.39, 0.29) is 22.3 Å². The van der Waals surface area contributed by atoms with Gasteiger partial charge in [0.05, 0.1) is 0 Å². The van der Waals surface area contributed by atoms with Crippen LogP contribution in [0.2, 0.25) is 0 Å². The zero-order valence-corrected chi connectivity index (χ0v) is 12.6. The third kappa shape index (κ3) is 2.87. The number of thiocarbonyl (C=S) groups is 1. The molecule has 0 amide bonds. The summed E-state index contributed by atoms with van der Waals surface area (Å²) in [5.41, 5.74) is 5.58. The van der Waals surface area contributed by atoms with Crippen LogP contribution in [0.15, 0.2) is 12.1 Å². The fraction of sp³-hybridized carbons (Fsp3) is 0.533. The summed E-state index contributed by atoms with van der Waals surface area (Å²) in [6.45, 7) is 2.09. The summed E-state index contributed by atoms with van der Waals surface area (Å²) in [5, 5.41) is 3.07. The van der Waals surface area contributed by atoms with Crippen molar-refractivity contribution in [2.24, 2.45) is 5.73 Å². The molecule has 2 fully saturated rings. The van der Waals surface area contributed by atoms with Crippen LogP contribution < -0.4 is 11.1 Å². The maximum Gasteiger partial charge on any atom is 0.150 e. The van der Waals surface area contributed by atoms with Crippen molar-refractivity contribution < 1.29 is 8.78 Å². The number of anilines is 1. The maximum atomic E-state index is 14.1. The van der Waals surface area contributed by atoms with Crippen LogP contribution >= 0.6 is 12.2 Å². The molecule has 1 aromatic carbocycles. The minimum atomic E-state index is -0.632. The van der Waals surface area contributed by atoms with Crippen molar-refractivity contribution in [3.63, 3.8) is 0 Å². The number of halogens is 2. The van der Waals surface area contributed by atoms with Crippen LogP contribution in [-0.4, -0.2) is 35.1 Å². The van der Waals surface area contributed by atoms with Gasteiger partial charge in [-0.1, -0.05) is 18.6 Å². The average Bonchev–Trinajstić information content (AvgIpc) is 2.86. The molecule has 0 aliphatic carbocycles. The maximum absolute atomic E-state index is 14.1. The quantitative estimate of drug-likeness (QED) is 0.842. The molecule has 2 heterocycles. The Kier molecular flexibility index (Phi) is 4.08. The lowest BCUT2D eigenvalue weighted by Crippen LogP contribution is -2.42. The van der Waals surface area contributed by atoms with Gasteiger partial charge in [0.15, 0.2) is 0 Å². The number of fused-ring (bicyclic) bond motifs is 1. The number of nitrogens with one attached hydrogen (secondary N) is 1. The standard InChI is InChI=1S/C15H19F2N3S/c16-10-7-9(15(18)21)8-11(17)14(10)19-12-4-6-20-5-2-1-3-13(12)20/h7-8,12-13,19H,1-6H2,(H2,18,21). The van der Waals surface area contributed by atoms with Crippen molar-refractivity contribution in [1.29, 1.82) is 0 Å². The summed E-state index contributed by atoms with van der Waals surface area (Å²) in [5.74, 6) is -1.26. The molecule has 2 saturated heterocycles. The summed E-state index contributed by atoms with van der Waals surface area (Å²) in [7, 11) is 0. The third-order valence-electron chi connectivity index (χ3n) is 4.51. The first-order chi connectivity index (χ1) is 10.1. The molecule has 0 radical (unpaired) electrons. The molecule has 2 atom stereocenters. The van der Waals surface area contributed by atoms with Gasteiger partial charge in [0.2, 0.25) is 0 Å². The van der Waals surface area contributed by atoms with E-state index in [0.29, 0.717) is 6.04 Å². The van der Waals surface area contributed by atoms with E-state index in [2.05, 4.69) is 10.2 Å². The largest absolute Gasteiger partial charge is 0.389 e. The number of nitrogens with zero attached hydrogens (tertiary/aromatic N) is 1. The summed E-state index contributed by atoms with van der Waals surface area (Å²) in [4.78, 5) is 2.42. The highest BCUT2D eigenvalue weighted by atomic mass is 32.1. The van der Waals surface area contributed by atoms with Crippen molar-refractivity contribution in [2.75, 3.05) is 18.4 Å². The molecule has 3 rings (SSSR count). The van der Waals surface area contributed by atoms with E-state index >= 15 is 0 Å². The number of nitrogens with two attached hydrogens (primary N) is 1. The highest BCUT2D eigenvalue weighted by Gasteiger charge is 2.36. The van der Waals surface area contributed by atoms with Crippen LogP contribution in [0, 0.1) is 11.6 Å². The molecule has 0 spiro atoms. The Bertz CT molecular complexity index is 541. The van der Waals surface area contributed by atoms with Crippen LogP contribution in [0.25, 0.3) is 0 Å². The molecule has 114 valence electrons. The highest BCUT2D eigenvalue weighted by molar-refractivity contribution is 7.80. The molecule has 3 N–H and O–H groups in total. The Balaban J connectivity index is 1.80. The molecular formula is C15H19F2N3S. The lowest BCUT2D eigenvalue weighted by atomic mass is 9.98. The molecule has 0 aromatic heterocycles. The van der Waals surface area contributed by atoms with Crippen LogP contribution in [0.4, 0.5) is 14.5 Å². The Morgan fingerprint density at radius 2 is 1.90 bits per heavy atom. The van der Waals surface area contributed by atoms with E-state index in [1.165, 1.54) is 25.0 Å². The average molecular weight is 311 g/mol. The van der Waals surface area contributed by atoms with E-state index in [1.807, 2.05) is 0 Å². The van der Waals surface area contributed by atoms with Gasteiger partial charge in [0.1, 0.15) is 22.3 Å². The monoisotopic (exact) mass is 311 g/mol. The predicted molar refractivity (Wildman–Crippen MR) is 83.5 cm³/mol. The number of rotatable bonds is 3. The zero-order valence-electron chi connectivity index (χ0n) is 11.7. The van der Waals surface area contributed by atoms with Crippen molar-refractivity contribution in [2.45, 2.75) is 37.8 Å².